The van der Waals surface area contributed by atoms with Crippen LogP contribution in [0.25, 0.3) is 0 Å². The highest BCUT2D eigenvalue weighted by atomic mass is 16.5. The number of hydrogen-bond acceptors (Lipinski definition) is 2. The van der Waals surface area contributed by atoms with Gasteiger partial charge in [0.05, 0.1) is 0 Å². The third-order valence-electron chi connectivity index (χ3n) is 4.58. The van der Waals surface area contributed by atoms with E-state index in [1.807, 2.05) is 0 Å². The van der Waals surface area contributed by atoms with Gasteiger partial charge in [-0.25, -0.2) is 0 Å². The highest BCUT2D eigenvalue weighted by Gasteiger charge is 2.37. The Labute approximate surface area is 100 Å². The monoisotopic (exact) mass is 225 g/mol. The summed E-state index contributed by atoms with van der Waals surface area (Å²) in [6.07, 6.45) is 6.72. The Balaban J connectivity index is 1.82. The van der Waals surface area contributed by atoms with Gasteiger partial charge in [-0.15, -0.1) is 0 Å². The van der Waals surface area contributed by atoms with E-state index in [4.69, 9.17) is 4.74 Å². The summed E-state index contributed by atoms with van der Waals surface area (Å²) in [7, 11) is 0. The van der Waals surface area contributed by atoms with E-state index in [9.17, 15) is 0 Å². The molecule has 1 saturated carbocycles. The molecule has 16 heavy (non-hydrogen) atoms. The molecule has 1 heterocycles. The van der Waals surface area contributed by atoms with Gasteiger partial charge in [-0.1, -0.05) is 13.8 Å². The molecule has 0 radical (unpaired) electrons. The van der Waals surface area contributed by atoms with E-state index < -0.39 is 0 Å². The van der Waals surface area contributed by atoms with Gasteiger partial charge in [0, 0.05) is 19.3 Å². The molecule has 2 nitrogen and oxygen atoms in total. The second-order valence-electron chi connectivity index (χ2n) is 5.64. The van der Waals surface area contributed by atoms with Gasteiger partial charge in [-0.3, -0.25) is 0 Å². The van der Waals surface area contributed by atoms with Crippen molar-refractivity contribution in [2.45, 2.75) is 52.0 Å². The molecule has 2 heteroatoms. The minimum atomic E-state index is 0.770. The molecule has 1 N–H and O–H groups in total. The average molecular weight is 225 g/mol. The molecule has 0 aromatic heterocycles. The molecule has 2 fully saturated rings. The molecular weight excluding hydrogens is 198 g/mol. The zero-order valence-electron chi connectivity index (χ0n) is 10.9. The maximum Gasteiger partial charge on any atom is 0.0497 e. The topological polar surface area (TPSA) is 21.3 Å². The molecule has 94 valence electrons. The number of rotatable bonds is 4. The summed E-state index contributed by atoms with van der Waals surface area (Å²) in [6.45, 7) is 7.90. The predicted octanol–water partition coefficient (Wildman–Crippen LogP) is 2.83. The fraction of sp³-hybridized carbons (Fsp3) is 1.00. The van der Waals surface area contributed by atoms with Crippen molar-refractivity contribution in [2.24, 2.45) is 17.8 Å². The fourth-order valence-corrected chi connectivity index (χ4v) is 3.58. The Morgan fingerprint density at radius 3 is 2.81 bits per heavy atom. The third-order valence-corrected chi connectivity index (χ3v) is 4.58. The van der Waals surface area contributed by atoms with Crippen molar-refractivity contribution >= 4 is 0 Å². The number of ether oxygens (including phenoxy) is 1. The Morgan fingerprint density at radius 2 is 2.12 bits per heavy atom. The summed E-state index contributed by atoms with van der Waals surface area (Å²) in [4.78, 5) is 0. The summed E-state index contributed by atoms with van der Waals surface area (Å²) >= 11 is 0. The Bertz CT molecular complexity index is 201. The van der Waals surface area contributed by atoms with E-state index in [-0.39, 0.29) is 0 Å². The lowest BCUT2D eigenvalue weighted by atomic mass is 9.81. The van der Waals surface area contributed by atoms with E-state index in [2.05, 4.69) is 19.2 Å². The Hall–Kier alpha value is -0.0800. The lowest BCUT2D eigenvalue weighted by Crippen LogP contribution is -2.36. The van der Waals surface area contributed by atoms with Crippen LogP contribution < -0.4 is 5.32 Å². The molecule has 0 amide bonds. The second kappa shape index (κ2) is 6.02. The SMILES string of the molecule is CCCNC1CCC(C2CCCOC2)C1C. The second-order valence-corrected chi connectivity index (χ2v) is 5.64. The van der Waals surface area contributed by atoms with Gasteiger partial charge in [0.2, 0.25) is 0 Å². The Morgan fingerprint density at radius 1 is 1.25 bits per heavy atom. The fourth-order valence-electron chi connectivity index (χ4n) is 3.58. The van der Waals surface area contributed by atoms with Crippen molar-refractivity contribution in [3.05, 3.63) is 0 Å². The van der Waals surface area contributed by atoms with Gasteiger partial charge in [-0.2, -0.15) is 0 Å². The molecule has 0 aromatic carbocycles. The molecule has 1 saturated heterocycles. The first kappa shape index (κ1) is 12.4. The average Bonchev–Trinajstić information content (AvgIpc) is 2.69. The van der Waals surface area contributed by atoms with Crippen LogP contribution in [0.1, 0.15) is 46.0 Å². The summed E-state index contributed by atoms with van der Waals surface area (Å²) < 4.78 is 5.64. The molecule has 4 unspecified atom stereocenters. The maximum atomic E-state index is 5.64. The third kappa shape index (κ3) is 2.78. The van der Waals surface area contributed by atoms with Gasteiger partial charge in [0.15, 0.2) is 0 Å². The largest absolute Gasteiger partial charge is 0.381 e. The predicted molar refractivity (Wildman–Crippen MR) is 67.5 cm³/mol. The summed E-state index contributed by atoms with van der Waals surface area (Å²) in [5, 5.41) is 3.71. The van der Waals surface area contributed by atoms with Gasteiger partial charge >= 0.3 is 0 Å². The van der Waals surface area contributed by atoms with E-state index in [1.165, 1.54) is 38.6 Å². The zero-order chi connectivity index (χ0) is 11.4. The van der Waals surface area contributed by atoms with Crippen molar-refractivity contribution < 1.29 is 4.74 Å². The van der Waals surface area contributed by atoms with E-state index in [1.54, 1.807) is 0 Å². The minimum absolute atomic E-state index is 0.770. The van der Waals surface area contributed by atoms with Crippen molar-refractivity contribution in [1.82, 2.24) is 5.32 Å². The summed E-state index contributed by atoms with van der Waals surface area (Å²) in [5.41, 5.74) is 0. The standard InChI is InChI=1S/C14H27NO/c1-3-8-15-14-7-6-13(11(14)2)12-5-4-9-16-10-12/h11-15H,3-10H2,1-2H3. The van der Waals surface area contributed by atoms with Crippen LogP contribution in [0.4, 0.5) is 0 Å². The summed E-state index contributed by atoms with van der Waals surface area (Å²) in [6, 6.07) is 0.770. The van der Waals surface area contributed by atoms with Crippen LogP contribution in [0.5, 0.6) is 0 Å². The highest BCUT2D eigenvalue weighted by Crippen LogP contribution is 2.39. The minimum Gasteiger partial charge on any atom is -0.381 e. The van der Waals surface area contributed by atoms with Crippen molar-refractivity contribution in [1.29, 1.82) is 0 Å². The van der Waals surface area contributed by atoms with Crippen molar-refractivity contribution in [3.63, 3.8) is 0 Å². The van der Waals surface area contributed by atoms with Gasteiger partial charge in [-0.05, 0) is 56.4 Å². The Kier molecular flexibility index (Phi) is 4.66. The van der Waals surface area contributed by atoms with Crippen LogP contribution in [0.3, 0.4) is 0 Å². The van der Waals surface area contributed by atoms with Crippen LogP contribution in [0.15, 0.2) is 0 Å². The molecule has 4 atom stereocenters. The van der Waals surface area contributed by atoms with E-state index in [0.29, 0.717) is 0 Å². The highest BCUT2D eigenvalue weighted by molar-refractivity contribution is 4.90. The molecule has 1 aliphatic heterocycles. The molecular formula is C14H27NO. The summed E-state index contributed by atoms with van der Waals surface area (Å²) in [5.74, 6) is 2.60. The normalized spacial score (nSPS) is 40.1. The van der Waals surface area contributed by atoms with Crippen molar-refractivity contribution in [3.8, 4) is 0 Å². The first-order chi connectivity index (χ1) is 7.83. The van der Waals surface area contributed by atoms with Crippen LogP contribution in [-0.2, 0) is 4.74 Å². The molecule has 1 aliphatic carbocycles. The first-order valence-corrected chi connectivity index (χ1v) is 7.14. The van der Waals surface area contributed by atoms with Crippen LogP contribution in [0.2, 0.25) is 0 Å². The van der Waals surface area contributed by atoms with Crippen LogP contribution in [-0.4, -0.2) is 25.8 Å². The first-order valence-electron chi connectivity index (χ1n) is 7.14. The van der Waals surface area contributed by atoms with Crippen LogP contribution in [0, 0.1) is 17.8 Å². The van der Waals surface area contributed by atoms with Gasteiger partial charge in [0.1, 0.15) is 0 Å². The van der Waals surface area contributed by atoms with Crippen LogP contribution >= 0.6 is 0 Å². The quantitative estimate of drug-likeness (QED) is 0.794. The van der Waals surface area contributed by atoms with Gasteiger partial charge in [0.25, 0.3) is 0 Å². The molecule has 0 aromatic rings. The number of nitrogens with one attached hydrogen (secondary N) is 1. The van der Waals surface area contributed by atoms with E-state index in [0.717, 1.165) is 37.0 Å². The lowest BCUT2D eigenvalue weighted by molar-refractivity contribution is 0.0224. The van der Waals surface area contributed by atoms with Gasteiger partial charge < -0.3 is 10.1 Å². The smallest absolute Gasteiger partial charge is 0.0497 e. The maximum absolute atomic E-state index is 5.64. The number of hydrogen-bond donors (Lipinski definition) is 1. The molecule has 2 aliphatic rings. The van der Waals surface area contributed by atoms with Crippen molar-refractivity contribution in [2.75, 3.05) is 19.8 Å². The molecule has 0 spiro atoms. The molecule has 0 bridgehead atoms. The molecule has 2 rings (SSSR count). The van der Waals surface area contributed by atoms with E-state index >= 15 is 0 Å². The lowest BCUT2D eigenvalue weighted by Gasteiger charge is -2.31. The zero-order valence-corrected chi connectivity index (χ0v) is 10.9.